The predicted octanol–water partition coefficient (Wildman–Crippen LogP) is 20.4. The minimum atomic E-state index is 0.929. The van der Waals surface area contributed by atoms with Gasteiger partial charge in [-0.25, -0.2) is 0 Å². The van der Waals surface area contributed by atoms with Crippen LogP contribution in [0.3, 0.4) is 0 Å². The molecule has 3 aliphatic carbocycles. The molecule has 0 saturated carbocycles. The maximum absolute atomic E-state index is 2.38. The number of hydrogen-bond donors (Lipinski definition) is 0. The zero-order valence-electron chi connectivity index (χ0n) is 43.2. The van der Waals surface area contributed by atoms with E-state index in [1.165, 1.54) is 44.8 Å². The quantitative estimate of drug-likeness (QED) is 0.101. The molecule has 0 unspecified atom stereocenters. The maximum atomic E-state index is 2.38. The largest absolute Gasteiger partial charge is 0.311 e. The Hall–Kier alpha value is -9.64. The third-order valence-corrected chi connectivity index (χ3v) is 14.5. The van der Waals surface area contributed by atoms with Crippen LogP contribution in [0.1, 0.15) is 32.1 Å². The standard InChI is InChI=1S/C73H60N4/c1-2-9-21-62(20-8-1)74(63-22-10-3-11-23-63)68-44-32-56(33-45-68)58-36-48-70(49-37-58)76(66-28-16-6-17-29-66)72-52-40-60(41-53-72)61-42-54-73(55-43-61)77(67-30-18-7-19-31-67)71-50-38-59(39-51-71)57-34-46-69(47-35-57)75(64-24-12-4-13-25-64)65-26-14-5-15-27-65/h1,3-4,6,8-14,16-18,20-55H,2,5,7,15,19H2. The molecule has 0 radical (unpaired) electrons. The van der Waals surface area contributed by atoms with Crippen LogP contribution in [0.25, 0.3) is 33.4 Å². The monoisotopic (exact) mass is 992 g/mol. The Kier molecular flexibility index (Phi) is 14.3. The van der Waals surface area contributed by atoms with E-state index in [9.17, 15) is 0 Å². The van der Waals surface area contributed by atoms with E-state index >= 15 is 0 Å². The van der Waals surface area contributed by atoms with Crippen molar-refractivity contribution in [2.75, 3.05) is 19.6 Å². The fourth-order valence-corrected chi connectivity index (χ4v) is 10.6. The summed E-state index contributed by atoms with van der Waals surface area (Å²) in [7, 11) is 0. The van der Waals surface area contributed by atoms with Crippen molar-refractivity contribution >= 4 is 51.2 Å². The van der Waals surface area contributed by atoms with Crippen LogP contribution in [-0.2, 0) is 0 Å². The van der Waals surface area contributed by atoms with E-state index in [1.54, 1.807) is 0 Å². The molecule has 372 valence electrons. The molecule has 4 heteroatoms. The normalized spacial score (nSPS) is 13.7. The topological polar surface area (TPSA) is 13.0 Å². The minimum Gasteiger partial charge on any atom is -0.311 e. The van der Waals surface area contributed by atoms with Crippen LogP contribution in [0.4, 0.5) is 51.2 Å². The highest BCUT2D eigenvalue weighted by molar-refractivity contribution is 5.82. The lowest BCUT2D eigenvalue weighted by molar-refractivity contribution is 0.997. The van der Waals surface area contributed by atoms with E-state index < -0.39 is 0 Å². The Bertz CT molecular complexity index is 3640. The lowest BCUT2D eigenvalue weighted by Crippen LogP contribution is -2.16. The van der Waals surface area contributed by atoms with Crippen molar-refractivity contribution in [3.8, 4) is 33.4 Å². The summed E-state index contributed by atoms with van der Waals surface area (Å²) < 4.78 is 0. The molecule has 77 heavy (non-hydrogen) atoms. The third kappa shape index (κ3) is 10.8. The van der Waals surface area contributed by atoms with Crippen molar-refractivity contribution in [2.45, 2.75) is 32.1 Å². The van der Waals surface area contributed by atoms with Crippen LogP contribution < -0.4 is 19.6 Å². The van der Waals surface area contributed by atoms with E-state index in [-0.39, 0.29) is 0 Å². The van der Waals surface area contributed by atoms with Gasteiger partial charge in [-0.1, -0.05) is 170 Å². The van der Waals surface area contributed by atoms with Crippen LogP contribution in [0.15, 0.2) is 321 Å². The van der Waals surface area contributed by atoms with E-state index in [0.29, 0.717) is 0 Å². The first-order chi connectivity index (χ1) is 38.2. The number of para-hydroxylation sites is 3. The molecule has 0 saturated heterocycles. The molecule has 0 aromatic heterocycles. The molecule has 9 aromatic rings. The summed E-state index contributed by atoms with van der Waals surface area (Å²) in [5, 5.41) is 0. The molecule has 0 atom stereocenters. The van der Waals surface area contributed by atoms with Crippen molar-refractivity contribution in [1.82, 2.24) is 0 Å². The molecule has 0 amide bonds. The summed E-state index contributed by atoms with van der Waals surface area (Å²) in [5.41, 5.74) is 20.7. The summed E-state index contributed by atoms with van der Waals surface area (Å²) in [6.45, 7) is 0. The van der Waals surface area contributed by atoms with Crippen molar-refractivity contribution in [3.05, 3.63) is 321 Å². The Balaban J connectivity index is 0.768. The van der Waals surface area contributed by atoms with Crippen LogP contribution in [-0.4, -0.2) is 0 Å². The third-order valence-electron chi connectivity index (χ3n) is 14.5. The number of rotatable bonds is 15. The fourth-order valence-electron chi connectivity index (χ4n) is 10.6. The van der Waals surface area contributed by atoms with Gasteiger partial charge in [-0.3, -0.25) is 0 Å². The Morgan fingerprint density at radius 3 is 0.805 bits per heavy atom. The number of allylic oxidation sites excluding steroid dienone is 11. The van der Waals surface area contributed by atoms with Crippen molar-refractivity contribution < 1.29 is 0 Å². The SMILES string of the molecule is C1=CCC=CC(N(c2ccccc2)c2ccc(-c3ccc(N(c4ccccc4)c4ccc(-c5ccc(N(C6=CCCC=C6)c6ccc(-c7ccc(N(C8=CCCC=C8)c8ccccc8)cc7)cc6)cc5)cc4)cc3)cc2)=C1. The zero-order valence-corrected chi connectivity index (χ0v) is 43.2. The van der Waals surface area contributed by atoms with Gasteiger partial charge in [0.2, 0.25) is 0 Å². The van der Waals surface area contributed by atoms with Crippen LogP contribution >= 0.6 is 0 Å². The first-order valence-electron chi connectivity index (χ1n) is 26.9. The summed E-state index contributed by atoms with van der Waals surface area (Å²) in [6, 6.07) is 85.6. The average Bonchev–Trinajstić information content (AvgIpc) is 3.80. The van der Waals surface area contributed by atoms with Crippen molar-refractivity contribution in [3.63, 3.8) is 0 Å². The number of nitrogens with zero attached hydrogens (tertiary/aromatic N) is 4. The highest BCUT2D eigenvalue weighted by Crippen LogP contribution is 2.40. The molecule has 0 spiro atoms. The summed E-state index contributed by atoms with van der Waals surface area (Å²) in [4.78, 5) is 9.37. The highest BCUT2D eigenvalue weighted by atomic mass is 15.2. The second-order valence-corrected chi connectivity index (χ2v) is 19.5. The van der Waals surface area contributed by atoms with E-state index in [0.717, 1.165) is 89.0 Å². The average molecular weight is 993 g/mol. The van der Waals surface area contributed by atoms with Gasteiger partial charge < -0.3 is 19.6 Å². The zero-order chi connectivity index (χ0) is 51.6. The van der Waals surface area contributed by atoms with Gasteiger partial charge in [-0.2, -0.15) is 0 Å². The lowest BCUT2D eigenvalue weighted by atomic mass is 10.0. The number of benzene rings is 9. The van der Waals surface area contributed by atoms with Gasteiger partial charge in [0.1, 0.15) is 0 Å². The molecule has 3 aliphatic rings. The second-order valence-electron chi connectivity index (χ2n) is 19.5. The summed E-state index contributed by atoms with van der Waals surface area (Å²) >= 11 is 0. The highest BCUT2D eigenvalue weighted by Gasteiger charge is 2.19. The molecule has 9 aromatic carbocycles. The van der Waals surface area contributed by atoms with Gasteiger partial charge in [0.25, 0.3) is 0 Å². The second kappa shape index (κ2) is 22.9. The van der Waals surface area contributed by atoms with Gasteiger partial charge in [0.05, 0.1) is 0 Å². The molecular formula is C73H60N4. The first-order valence-corrected chi connectivity index (χ1v) is 26.9. The molecule has 4 nitrogen and oxygen atoms in total. The molecular weight excluding hydrogens is 933 g/mol. The summed E-state index contributed by atoms with van der Waals surface area (Å²) in [6.07, 6.45) is 29.8. The van der Waals surface area contributed by atoms with Crippen LogP contribution in [0.2, 0.25) is 0 Å². The smallest absolute Gasteiger partial charge is 0.0462 e. The Morgan fingerprint density at radius 1 is 0.221 bits per heavy atom. The molecule has 0 N–H and O–H groups in total. The van der Waals surface area contributed by atoms with Gasteiger partial charge in [-0.05, 0) is 199 Å². The molecule has 0 fully saturated rings. The first kappa shape index (κ1) is 48.3. The molecule has 0 aliphatic heterocycles. The van der Waals surface area contributed by atoms with E-state index in [2.05, 4.69) is 323 Å². The van der Waals surface area contributed by atoms with Crippen LogP contribution in [0.5, 0.6) is 0 Å². The van der Waals surface area contributed by atoms with Gasteiger partial charge in [0, 0.05) is 68.3 Å². The van der Waals surface area contributed by atoms with Gasteiger partial charge >= 0.3 is 0 Å². The van der Waals surface area contributed by atoms with Gasteiger partial charge in [-0.15, -0.1) is 0 Å². The summed E-state index contributed by atoms with van der Waals surface area (Å²) in [5.74, 6) is 0. The molecule has 0 heterocycles. The Morgan fingerprint density at radius 2 is 0.494 bits per heavy atom. The molecule has 12 rings (SSSR count). The minimum absolute atomic E-state index is 0.929. The van der Waals surface area contributed by atoms with E-state index in [4.69, 9.17) is 0 Å². The van der Waals surface area contributed by atoms with E-state index in [1.807, 2.05) is 0 Å². The number of anilines is 9. The van der Waals surface area contributed by atoms with Gasteiger partial charge in [0.15, 0.2) is 0 Å². The van der Waals surface area contributed by atoms with Crippen LogP contribution in [0, 0.1) is 0 Å². The Labute approximate surface area is 454 Å². The lowest BCUT2D eigenvalue weighted by Gasteiger charge is -2.28. The maximum Gasteiger partial charge on any atom is 0.0462 e. The fraction of sp³-hybridized carbons (Fsp3) is 0.0685. The van der Waals surface area contributed by atoms with Crippen molar-refractivity contribution in [1.29, 1.82) is 0 Å². The van der Waals surface area contributed by atoms with Crippen molar-refractivity contribution in [2.24, 2.45) is 0 Å². The number of hydrogen-bond acceptors (Lipinski definition) is 4. The predicted molar refractivity (Wildman–Crippen MR) is 327 cm³/mol. The molecule has 0 bridgehead atoms.